The minimum absolute atomic E-state index is 0.0746. The molecule has 2 atom stereocenters. The molecular weight excluding hydrogens is 389 g/mol. The highest BCUT2D eigenvalue weighted by Gasteiger charge is 2.86. The number of aliphatic hydroxyl groups is 7. The summed E-state index contributed by atoms with van der Waals surface area (Å²) in [6, 6.07) is 4.85. The van der Waals surface area contributed by atoms with Crippen LogP contribution in [-0.2, 0) is 0 Å². The Bertz CT molecular complexity index is 779. The van der Waals surface area contributed by atoms with Crippen molar-refractivity contribution in [1.82, 2.24) is 0 Å². The third kappa shape index (κ3) is 2.99. The molecule has 0 aromatic heterocycles. The van der Waals surface area contributed by atoms with Crippen molar-refractivity contribution in [1.29, 1.82) is 0 Å². The van der Waals surface area contributed by atoms with Crippen molar-refractivity contribution in [3.8, 4) is 5.75 Å². The Hall–Kier alpha value is -1.04. The maximum Gasteiger partial charge on any atom is 0.273 e. The molecule has 156 valence electrons. The van der Waals surface area contributed by atoms with Gasteiger partial charge < -0.3 is 46.2 Å². The highest BCUT2D eigenvalue weighted by Crippen LogP contribution is 2.69. The molecule has 9 nitrogen and oxygen atoms in total. The lowest BCUT2D eigenvalue weighted by atomic mass is 9.32. The lowest BCUT2D eigenvalue weighted by molar-refractivity contribution is -0.433. The van der Waals surface area contributed by atoms with Gasteiger partial charge in [0.15, 0.2) is 0 Å². The van der Waals surface area contributed by atoms with Crippen molar-refractivity contribution >= 4 is 31.4 Å². The molecule has 2 rings (SSSR count). The van der Waals surface area contributed by atoms with Crippen LogP contribution < -0.4 is 10.5 Å². The summed E-state index contributed by atoms with van der Waals surface area (Å²) in [7, 11) is 23.2. The van der Waals surface area contributed by atoms with Crippen LogP contribution in [0.1, 0.15) is 32.4 Å². The van der Waals surface area contributed by atoms with E-state index < -0.39 is 45.0 Å². The number of hydrogen-bond acceptors (Lipinski definition) is 9. The maximum atomic E-state index is 10.4. The molecule has 1 aliphatic rings. The molecule has 1 aliphatic carbocycles. The van der Waals surface area contributed by atoms with Crippen LogP contribution >= 0.6 is 0 Å². The molecule has 0 amide bonds. The van der Waals surface area contributed by atoms with E-state index in [4.69, 9.17) is 41.9 Å². The average molecular weight is 413 g/mol. The number of benzene rings is 1. The topological polar surface area (TPSA) is 177 Å². The quantitative estimate of drug-likeness (QED) is 0.179. The van der Waals surface area contributed by atoms with Gasteiger partial charge in [-0.05, 0) is 36.8 Å². The molecule has 1 fully saturated rings. The van der Waals surface area contributed by atoms with E-state index in [1.807, 2.05) is 0 Å². The van der Waals surface area contributed by atoms with E-state index >= 15 is 0 Å². The molecular formula is C17H23B4NO8. The van der Waals surface area contributed by atoms with Crippen molar-refractivity contribution < 1.29 is 40.5 Å². The molecule has 1 aromatic rings. The van der Waals surface area contributed by atoms with Gasteiger partial charge in [-0.25, -0.2) is 0 Å². The Balaban J connectivity index is 2.48. The van der Waals surface area contributed by atoms with Crippen molar-refractivity contribution in [2.24, 2.45) is 11.1 Å². The molecule has 13 heteroatoms. The summed E-state index contributed by atoms with van der Waals surface area (Å²) in [6.45, 7) is 3.81. The zero-order chi connectivity index (χ0) is 23.8. The van der Waals surface area contributed by atoms with Gasteiger partial charge in [0.05, 0.1) is 27.3 Å². The standard InChI is InChI=1S/C17H23B4NO8/c1-11(2,23)10(22)8-4-6-9(7-5-8)30-17(20,21)12(3)13(18,19)15(26,27)16(28,29)14(12,24)25/h4-7,10,23-29H,22H2,1-3H3. The minimum Gasteiger partial charge on any atom is -0.506 e. The van der Waals surface area contributed by atoms with E-state index in [-0.39, 0.29) is 5.75 Å². The minimum atomic E-state index is -4.07. The third-order valence-corrected chi connectivity index (χ3v) is 6.14. The van der Waals surface area contributed by atoms with Crippen LogP contribution in [0.15, 0.2) is 24.3 Å². The second-order valence-corrected chi connectivity index (χ2v) is 8.61. The van der Waals surface area contributed by atoms with Gasteiger partial charge in [-0.1, -0.05) is 19.1 Å². The average Bonchev–Trinajstić information content (AvgIpc) is 2.63. The molecule has 0 saturated heterocycles. The summed E-state index contributed by atoms with van der Waals surface area (Å²) in [5.74, 6) is -11.9. The predicted octanol–water partition coefficient (Wildman–Crippen LogP) is -3.66. The van der Waals surface area contributed by atoms with Gasteiger partial charge in [-0.15, -0.1) is 0 Å². The SMILES string of the molecule is [B]C([B])(Oc1ccc(C(N)C(C)(C)O)cc1)C1(C)C([B])([B])C(O)(O)C(O)(O)C1(O)O. The highest BCUT2D eigenvalue weighted by atomic mass is 16.7. The van der Waals surface area contributed by atoms with Crippen molar-refractivity contribution in [2.45, 2.75) is 60.4 Å². The lowest BCUT2D eigenvalue weighted by Gasteiger charge is -2.55. The van der Waals surface area contributed by atoms with Crippen molar-refractivity contribution in [3.63, 3.8) is 0 Å². The Morgan fingerprint density at radius 2 is 1.33 bits per heavy atom. The molecule has 1 aromatic carbocycles. The number of ether oxygens (including phenoxy) is 1. The van der Waals surface area contributed by atoms with E-state index in [1.54, 1.807) is 0 Å². The van der Waals surface area contributed by atoms with E-state index in [0.717, 1.165) is 6.92 Å². The monoisotopic (exact) mass is 413 g/mol. The fraction of sp³-hybridized carbons (Fsp3) is 0.647. The highest BCUT2D eigenvalue weighted by molar-refractivity contribution is 6.46. The largest absolute Gasteiger partial charge is 0.506 e. The molecule has 2 unspecified atom stereocenters. The van der Waals surface area contributed by atoms with Gasteiger partial charge in [0, 0.05) is 10.8 Å². The third-order valence-electron chi connectivity index (χ3n) is 6.14. The first-order chi connectivity index (χ1) is 13.1. The van der Waals surface area contributed by atoms with Gasteiger partial charge in [0.1, 0.15) is 21.4 Å². The number of hydrogen-bond donors (Lipinski definition) is 8. The Kier molecular flexibility index (Phi) is 5.66. The predicted molar refractivity (Wildman–Crippen MR) is 108 cm³/mol. The van der Waals surface area contributed by atoms with Crippen LogP contribution in [0.4, 0.5) is 0 Å². The van der Waals surface area contributed by atoms with Gasteiger partial charge in [0.2, 0.25) is 11.6 Å². The Labute approximate surface area is 179 Å². The Morgan fingerprint density at radius 3 is 1.67 bits per heavy atom. The fourth-order valence-electron chi connectivity index (χ4n) is 3.56. The van der Waals surface area contributed by atoms with E-state index in [0.29, 0.717) is 5.56 Å². The zero-order valence-electron chi connectivity index (χ0n) is 16.8. The lowest BCUT2D eigenvalue weighted by Crippen LogP contribution is -2.70. The van der Waals surface area contributed by atoms with E-state index in [9.17, 15) is 35.7 Å². The zero-order valence-corrected chi connectivity index (χ0v) is 16.8. The maximum absolute atomic E-state index is 10.4. The van der Waals surface area contributed by atoms with Gasteiger partial charge in [-0.3, -0.25) is 0 Å². The molecule has 0 heterocycles. The summed E-state index contributed by atoms with van der Waals surface area (Å²) in [6.07, 6.45) is 0. The second kappa shape index (κ2) is 6.73. The van der Waals surface area contributed by atoms with Crippen LogP contribution in [0.2, 0.25) is 5.21 Å². The smallest absolute Gasteiger partial charge is 0.273 e. The summed E-state index contributed by atoms with van der Waals surface area (Å²) in [5, 5.41) is 65.2. The summed E-state index contributed by atoms with van der Waals surface area (Å²) >= 11 is 0. The molecule has 9 N–H and O–H groups in total. The summed E-state index contributed by atoms with van der Waals surface area (Å²) in [4.78, 5) is 0. The molecule has 8 radical (unpaired) electrons. The second-order valence-electron chi connectivity index (χ2n) is 8.61. The number of nitrogens with two attached hydrogens (primary N) is 1. The van der Waals surface area contributed by atoms with Gasteiger partial charge in [0.25, 0.3) is 5.79 Å². The van der Waals surface area contributed by atoms with E-state index in [2.05, 4.69) is 0 Å². The van der Waals surface area contributed by atoms with Crippen LogP contribution in [0.25, 0.3) is 0 Å². The normalized spacial score (nSPS) is 28.1. The summed E-state index contributed by atoms with van der Waals surface area (Å²) < 4.78 is 5.39. The molecule has 30 heavy (non-hydrogen) atoms. The summed E-state index contributed by atoms with van der Waals surface area (Å²) in [5.41, 5.74) is 2.35. The molecule has 0 spiro atoms. The van der Waals surface area contributed by atoms with Gasteiger partial charge >= 0.3 is 0 Å². The van der Waals surface area contributed by atoms with Crippen molar-refractivity contribution in [3.05, 3.63) is 29.8 Å². The van der Waals surface area contributed by atoms with Crippen molar-refractivity contribution in [2.75, 3.05) is 0 Å². The fourth-order valence-corrected chi connectivity index (χ4v) is 3.56. The first kappa shape index (κ1) is 25.2. The first-order valence-electron chi connectivity index (χ1n) is 8.86. The molecule has 0 aliphatic heterocycles. The number of rotatable bonds is 5. The van der Waals surface area contributed by atoms with Crippen LogP contribution in [0.3, 0.4) is 0 Å². The van der Waals surface area contributed by atoms with Crippen LogP contribution in [0.5, 0.6) is 5.75 Å². The van der Waals surface area contributed by atoms with Crippen LogP contribution in [-0.4, -0.2) is 95.5 Å². The van der Waals surface area contributed by atoms with Crippen LogP contribution in [0, 0.1) is 5.41 Å². The van der Waals surface area contributed by atoms with Gasteiger partial charge in [-0.2, -0.15) is 0 Å². The van der Waals surface area contributed by atoms with E-state index in [1.165, 1.54) is 38.1 Å². The Morgan fingerprint density at radius 1 is 0.900 bits per heavy atom. The molecule has 0 bridgehead atoms. The molecule has 1 saturated carbocycles. The first-order valence-corrected chi connectivity index (χ1v) is 8.86.